The number of methoxy groups -OCH3 is 1. The fraction of sp³-hybridized carbons (Fsp3) is 0.947. The van der Waals surface area contributed by atoms with Gasteiger partial charge >= 0.3 is 5.97 Å². The molecule has 0 aromatic carbocycles. The summed E-state index contributed by atoms with van der Waals surface area (Å²) in [6.45, 7) is 14.0. The van der Waals surface area contributed by atoms with Crippen LogP contribution in [0.5, 0.6) is 0 Å². The van der Waals surface area contributed by atoms with Gasteiger partial charge < -0.3 is 9.84 Å². The third-order valence-corrected chi connectivity index (χ3v) is 5.63. The van der Waals surface area contributed by atoms with E-state index in [1.165, 1.54) is 7.11 Å². The number of ether oxygens (including phenoxy) is 1. The normalized spacial score (nSPS) is 30.2. The summed E-state index contributed by atoms with van der Waals surface area (Å²) in [5.74, 6) is 1.80. The third kappa shape index (κ3) is 4.97. The molecular weight excluding hydrogens is 276 g/mol. The van der Waals surface area contributed by atoms with Crippen LogP contribution in [0, 0.1) is 34.5 Å². The smallest absolute Gasteiger partial charge is 0.305 e. The van der Waals surface area contributed by atoms with Crippen molar-refractivity contribution in [3.8, 4) is 0 Å². The zero-order chi connectivity index (χ0) is 17.1. The number of rotatable bonds is 4. The summed E-state index contributed by atoms with van der Waals surface area (Å²) in [6.07, 6.45) is 3.64. The van der Waals surface area contributed by atoms with Crippen LogP contribution in [0.3, 0.4) is 0 Å². The van der Waals surface area contributed by atoms with E-state index >= 15 is 0 Å². The van der Waals surface area contributed by atoms with Gasteiger partial charge in [-0.2, -0.15) is 0 Å². The second kappa shape index (κ2) is 7.33. The van der Waals surface area contributed by atoms with Gasteiger partial charge in [0.15, 0.2) is 0 Å². The third-order valence-electron chi connectivity index (χ3n) is 5.63. The van der Waals surface area contributed by atoms with Crippen molar-refractivity contribution in [2.45, 2.75) is 67.2 Å². The zero-order valence-corrected chi connectivity index (χ0v) is 15.6. The van der Waals surface area contributed by atoms with Crippen molar-refractivity contribution >= 4 is 5.97 Å². The number of hydrogen-bond acceptors (Lipinski definition) is 3. The molecule has 3 nitrogen and oxygen atoms in total. The Bertz CT molecular complexity index is 338. The Morgan fingerprint density at radius 1 is 1.05 bits per heavy atom. The Balaban J connectivity index is 2.94. The highest BCUT2D eigenvalue weighted by atomic mass is 16.5. The molecule has 1 aliphatic carbocycles. The van der Waals surface area contributed by atoms with Gasteiger partial charge in [0.1, 0.15) is 0 Å². The second-order valence-corrected chi connectivity index (χ2v) is 9.24. The topological polar surface area (TPSA) is 46.5 Å². The predicted molar refractivity (Wildman–Crippen MR) is 90.4 cm³/mol. The Labute approximate surface area is 136 Å². The molecule has 0 radical (unpaired) electrons. The predicted octanol–water partition coefficient (Wildman–Crippen LogP) is 4.28. The van der Waals surface area contributed by atoms with Crippen molar-refractivity contribution in [1.29, 1.82) is 0 Å². The monoisotopic (exact) mass is 312 g/mol. The minimum atomic E-state index is -0.108. The number of carbonyl (C=O) groups excluding carboxylic acids is 1. The molecule has 0 bridgehead atoms. The maximum atomic E-state index is 11.5. The van der Waals surface area contributed by atoms with E-state index in [1.54, 1.807) is 0 Å². The van der Waals surface area contributed by atoms with Crippen LogP contribution in [0.15, 0.2) is 0 Å². The van der Waals surface area contributed by atoms with Gasteiger partial charge in [-0.05, 0) is 53.8 Å². The first kappa shape index (κ1) is 19.5. The van der Waals surface area contributed by atoms with E-state index in [4.69, 9.17) is 4.74 Å². The molecule has 3 heteroatoms. The van der Waals surface area contributed by atoms with E-state index in [9.17, 15) is 9.90 Å². The Morgan fingerprint density at radius 3 is 1.82 bits per heavy atom. The standard InChI is InChI=1S/C19H36O3/c1-18(2,3)15-10-13(8-9-17(21)22-7)11-16(14(15)12-20)19(4,5)6/h13-16,20H,8-12H2,1-7H3. The average molecular weight is 312 g/mol. The summed E-state index contributed by atoms with van der Waals surface area (Å²) in [7, 11) is 1.46. The lowest BCUT2D eigenvalue weighted by Gasteiger charge is -2.51. The summed E-state index contributed by atoms with van der Waals surface area (Å²) in [5.41, 5.74) is 0.363. The SMILES string of the molecule is COC(=O)CCC1CC(C(C)(C)C)C(CO)C(C(C)(C)C)C1. The van der Waals surface area contributed by atoms with Gasteiger partial charge in [-0.1, -0.05) is 41.5 Å². The number of hydrogen-bond donors (Lipinski definition) is 1. The van der Waals surface area contributed by atoms with E-state index in [0.29, 0.717) is 30.1 Å². The van der Waals surface area contributed by atoms with Gasteiger partial charge in [0.05, 0.1) is 7.11 Å². The molecule has 0 spiro atoms. The van der Waals surface area contributed by atoms with Crippen LogP contribution in [-0.4, -0.2) is 24.8 Å². The van der Waals surface area contributed by atoms with Crippen molar-refractivity contribution < 1.29 is 14.6 Å². The minimum Gasteiger partial charge on any atom is -0.469 e. The highest BCUT2D eigenvalue weighted by Gasteiger charge is 2.46. The summed E-state index contributed by atoms with van der Waals surface area (Å²) in [5, 5.41) is 10.0. The highest BCUT2D eigenvalue weighted by Crippen LogP contribution is 2.52. The Kier molecular flexibility index (Phi) is 6.49. The molecular formula is C19H36O3. The van der Waals surface area contributed by atoms with E-state index in [1.807, 2.05) is 0 Å². The van der Waals surface area contributed by atoms with Gasteiger partial charge in [0, 0.05) is 13.0 Å². The van der Waals surface area contributed by atoms with Gasteiger partial charge in [-0.15, -0.1) is 0 Å². The summed E-state index contributed by atoms with van der Waals surface area (Å²) in [4.78, 5) is 11.5. The average Bonchev–Trinajstić information content (AvgIpc) is 2.41. The van der Waals surface area contributed by atoms with Gasteiger partial charge in [0.2, 0.25) is 0 Å². The maximum absolute atomic E-state index is 11.5. The molecule has 0 heterocycles. The molecule has 1 aliphatic rings. The number of aliphatic hydroxyl groups excluding tert-OH is 1. The fourth-order valence-electron chi connectivity index (χ4n) is 4.35. The molecule has 0 amide bonds. The van der Waals surface area contributed by atoms with Crippen molar-refractivity contribution in [1.82, 2.24) is 0 Å². The minimum absolute atomic E-state index is 0.108. The van der Waals surface area contributed by atoms with Gasteiger partial charge in [-0.3, -0.25) is 4.79 Å². The quantitative estimate of drug-likeness (QED) is 0.788. The first-order chi connectivity index (χ1) is 10.0. The molecule has 1 N–H and O–H groups in total. The van der Waals surface area contributed by atoms with E-state index < -0.39 is 0 Å². The van der Waals surface area contributed by atoms with Crippen LogP contribution in [-0.2, 0) is 9.53 Å². The molecule has 22 heavy (non-hydrogen) atoms. The molecule has 130 valence electrons. The molecule has 1 fully saturated rings. The molecule has 0 aliphatic heterocycles. The van der Waals surface area contributed by atoms with Crippen LogP contribution < -0.4 is 0 Å². The van der Waals surface area contributed by atoms with Crippen LogP contribution in [0.2, 0.25) is 0 Å². The van der Waals surface area contributed by atoms with E-state index in [-0.39, 0.29) is 23.4 Å². The summed E-state index contributed by atoms with van der Waals surface area (Å²) < 4.78 is 4.79. The molecule has 0 aromatic rings. The first-order valence-corrected chi connectivity index (χ1v) is 8.68. The second-order valence-electron chi connectivity index (χ2n) is 9.24. The van der Waals surface area contributed by atoms with E-state index in [2.05, 4.69) is 41.5 Å². The number of esters is 1. The summed E-state index contributed by atoms with van der Waals surface area (Å²) in [6, 6.07) is 0. The lowest BCUT2D eigenvalue weighted by molar-refractivity contribution is -0.141. The van der Waals surface area contributed by atoms with Crippen LogP contribution in [0.4, 0.5) is 0 Å². The largest absolute Gasteiger partial charge is 0.469 e. The van der Waals surface area contributed by atoms with Crippen molar-refractivity contribution in [3.63, 3.8) is 0 Å². The highest BCUT2D eigenvalue weighted by molar-refractivity contribution is 5.69. The van der Waals surface area contributed by atoms with Crippen LogP contribution in [0.25, 0.3) is 0 Å². The van der Waals surface area contributed by atoms with Gasteiger partial charge in [-0.25, -0.2) is 0 Å². The maximum Gasteiger partial charge on any atom is 0.305 e. The summed E-state index contributed by atoms with van der Waals surface area (Å²) >= 11 is 0. The number of carbonyl (C=O) groups is 1. The number of aliphatic hydroxyl groups is 1. The van der Waals surface area contributed by atoms with Crippen molar-refractivity contribution in [2.24, 2.45) is 34.5 Å². The van der Waals surface area contributed by atoms with Crippen molar-refractivity contribution in [2.75, 3.05) is 13.7 Å². The molecule has 1 rings (SSSR count). The van der Waals surface area contributed by atoms with Crippen LogP contribution >= 0.6 is 0 Å². The fourth-order valence-corrected chi connectivity index (χ4v) is 4.35. The molecule has 1 saturated carbocycles. The first-order valence-electron chi connectivity index (χ1n) is 8.68. The molecule has 0 saturated heterocycles. The van der Waals surface area contributed by atoms with E-state index in [0.717, 1.165) is 19.3 Å². The van der Waals surface area contributed by atoms with Crippen molar-refractivity contribution in [3.05, 3.63) is 0 Å². The lowest BCUT2D eigenvalue weighted by atomic mass is 9.54. The Morgan fingerprint density at radius 2 is 1.50 bits per heavy atom. The van der Waals surface area contributed by atoms with Gasteiger partial charge in [0.25, 0.3) is 0 Å². The Hall–Kier alpha value is -0.570. The zero-order valence-electron chi connectivity index (χ0n) is 15.6. The molecule has 2 atom stereocenters. The molecule has 2 unspecified atom stereocenters. The lowest BCUT2D eigenvalue weighted by Crippen LogP contribution is -2.45. The van der Waals surface area contributed by atoms with Crippen LogP contribution in [0.1, 0.15) is 67.2 Å². The molecule has 0 aromatic heterocycles.